The van der Waals surface area contributed by atoms with Crippen molar-refractivity contribution >= 4 is 17.6 Å². The number of carboxylic acid groups (broad SMARTS) is 1. The molecule has 4 heteroatoms. The van der Waals surface area contributed by atoms with Crippen LogP contribution in [0.1, 0.15) is 45.1 Å². The average Bonchev–Trinajstić information content (AvgIpc) is 2.37. The number of rotatable bonds is 8. The standard InChI is InChI=1S/C16H24ClNO2/c1-3-12(11-16(2,18)15(19)20)6-4-7-13-8-5-9-14(17)10-13/h5,8-10,12H,3-4,6-7,11,18H2,1-2H3,(H,19,20). The van der Waals surface area contributed by atoms with E-state index in [0.717, 1.165) is 30.7 Å². The van der Waals surface area contributed by atoms with Crippen LogP contribution in [0.5, 0.6) is 0 Å². The zero-order valence-corrected chi connectivity index (χ0v) is 13.0. The molecular formula is C16H24ClNO2. The number of aliphatic carboxylic acids is 1. The molecule has 1 rings (SSSR count). The predicted molar refractivity (Wildman–Crippen MR) is 83.0 cm³/mol. The summed E-state index contributed by atoms with van der Waals surface area (Å²) in [6.45, 7) is 3.68. The number of nitrogens with two attached hydrogens (primary N) is 1. The van der Waals surface area contributed by atoms with Gasteiger partial charge in [-0.2, -0.15) is 0 Å². The van der Waals surface area contributed by atoms with Crippen molar-refractivity contribution < 1.29 is 9.90 Å². The van der Waals surface area contributed by atoms with Gasteiger partial charge in [0.15, 0.2) is 0 Å². The first-order valence-electron chi connectivity index (χ1n) is 7.12. The molecule has 2 atom stereocenters. The van der Waals surface area contributed by atoms with E-state index < -0.39 is 11.5 Å². The highest BCUT2D eigenvalue weighted by Gasteiger charge is 2.30. The fraction of sp³-hybridized carbons (Fsp3) is 0.562. The monoisotopic (exact) mass is 297 g/mol. The minimum atomic E-state index is -1.13. The molecule has 0 aliphatic heterocycles. The van der Waals surface area contributed by atoms with E-state index >= 15 is 0 Å². The SMILES string of the molecule is CCC(CCCc1cccc(Cl)c1)CC(C)(N)C(=O)O. The Balaban J connectivity index is 2.44. The third-order valence-electron chi connectivity index (χ3n) is 3.75. The second-order valence-electron chi connectivity index (χ2n) is 5.72. The molecule has 3 N–H and O–H groups in total. The van der Waals surface area contributed by atoms with E-state index in [4.69, 9.17) is 22.4 Å². The first-order valence-corrected chi connectivity index (χ1v) is 7.49. The molecule has 0 saturated carbocycles. The number of carbonyl (C=O) groups is 1. The van der Waals surface area contributed by atoms with Crippen LogP contribution in [0, 0.1) is 5.92 Å². The Labute approximate surface area is 126 Å². The van der Waals surface area contributed by atoms with Gasteiger partial charge in [0, 0.05) is 5.02 Å². The quantitative estimate of drug-likeness (QED) is 0.765. The summed E-state index contributed by atoms with van der Waals surface area (Å²) in [6.07, 6.45) is 4.45. The van der Waals surface area contributed by atoms with E-state index in [1.54, 1.807) is 6.92 Å². The molecule has 3 nitrogen and oxygen atoms in total. The molecule has 0 saturated heterocycles. The maximum absolute atomic E-state index is 11.1. The number of hydrogen-bond donors (Lipinski definition) is 2. The van der Waals surface area contributed by atoms with Crippen LogP contribution in [0.3, 0.4) is 0 Å². The number of aryl methyl sites for hydroxylation is 1. The second-order valence-corrected chi connectivity index (χ2v) is 6.16. The summed E-state index contributed by atoms with van der Waals surface area (Å²) < 4.78 is 0. The maximum Gasteiger partial charge on any atom is 0.323 e. The van der Waals surface area contributed by atoms with E-state index in [1.165, 1.54) is 5.56 Å². The van der Waals surface area contributed by atoms with Gasteiger partial charge >= 0.3 is 5.97 Å². The Bertz CT molecular complexity index is 446. The van der Waals surface area contributed by atoms with E-state index in [-0.39, 0.29) is 0 Å². The highest BCUT2D eigenvalue weighted by Crippen LogP contribution is 2.23. The first-order chi connectivity index (χ1) is 9.35. The summed E-state index contributed by atoms with van der Waals surface area (Å²) >= 11 is 5.95. The van der Waals surface area contributed by atoms with Gasteiger partial charge in [0.2, 0.25) is 0 Å². The van der Waals surface area contributed by atoms with Crippen LogP contribution in [-0.4, -0.2) is 16.6 Å². The smallest absolute Gasteiger partial charge is 0.323 e. The summed E-state index contributed by atoms with van der Waals surface area (Å²) in [6, 6.07) is 7.87. The summed E-state index contributed by atoms with van der Waals surface area (Å²) in [5, 5.41) is 9.84. The molecule has 0 heterocycles. The highest BCUT2D eigenvalue weighted by atomic mass is 35.5. The van der Waals surface area contributed by atoms with Gasteiger partial charge in [-0.05, 0) is 49.8 Å². The van der Waals surface area contributed by atoms with Crippen molar-refractivity contribution in [3.8, 4) is 0 Å². The minimum Gasteiger partial charge on any atom is -0.480 e. The fourth-order valence-corrected chi connectivity index (χ4v) is 2.64. The molecule has 0 fully saturated rings. The molecular weight excluding hydrogens is 274 g/mol. The van der Waals surface area contributed by atoms with Crippen LogP contribution in [0.4, 0.5) is 0 Å². The normalized spacial score (nSPS) is 15.6. The molecule has 0 spiro atoms. The summed E-state index contributed by atoms with van der Waals surface area (Å²) in [5.74, 6) is -0.578. The van der Waals surface area contributed by atoms with Crippen LogP contribution in [0.2, 0.25) is 5.02 Å². The lowest BCUT2D eigenvalue weighted by molar-refractivity contribution is -0.143. The zero-order valence-electron chi connectivity index (χ0n) is 12.2. The van der Waals surface area contributed by atoms with Gasteiger partial charge in [-0.3, -0.25) is 4.79 Å². The molecule has 0 aliphatic rings. The van der Waals surface area contributed by atoms with Gasteiger partial charge in [-0.1, -0.05) is 43.5 Å². The lowest BCUT2D eigenvalue weighted by Gasteiger charge is -2.25. The van der Waals surface area contributed by atoms with Crippen LogP contribution in [-0.2, 0) is 11.2 Å². The van der Waals surface area contributed by atoms with Gasteiger partial charge in [0.05, 0.1) is 0 Å². The molecule has 0 bridgehead atoms. The first kappa shape index (κ1) is 17.0. The summed E-state index contributed by atoms with van der Waals surface area (Å²) in [5.41, 5.74) is 5.92. The Morgan fingerprint density at radius 3 is 2.75 bits per heavy atom. The summed E-state index contributed by atoms with van der Waals surface area (Å²) in [4.78, 5) is 11.1. The zero-order chi connectivity index (χ0) is 15.2. The molecule has 112 valence electrons. The van der Waals surface area contributed by atoms with E-state index in [2.05, 4.69) is 13.0 Å². The van der Waals surface area contributed by atoms with Gasteiger partial charge in [0.1, 0.15) is 5.54 Å². The molecule has 1 aromatic carbocycles. The van der Waals surface area contributed by atoms with Crippen LogP contribution < -0.4 is 5.73 Å². The predicted octanol–water partition coefficient (Wildman–Crippen LogP) is 3.88. The topological polar surface area (TPSA) is 63.3 Å². The second kappa shape index (κ2) is 7.65. The van der Waals surface area contributed by atoms with Crippen LogP contribution in [0.15, 0.2) is 24.3 Å². The largest absolute Gasteiger partial charge is 0.480 e. The van der Waals surface area contributed by atoms with Gasteiger partial charge in [-0.25, -0.2) is 0 Å². The maximum atomic E-state index is 11.1. The molecule has 0 aromatic heterocycles. The molecule has 0 aliphatic carbocycles. The van der Waals surface area contributed by atoms with Crippen molar-refractivity contribution in [2.24, 2.45) is 11.7 Å². The van der Waals surface area contributed by atoms with Crippen molar-refractivity contribution in [1.82, 2.24) is 0 Å². The summed E-state index contributed by atoms with van der Waals surface area (Å²) in [7, 11) is 0. The molecule has 1 aromatic rings. The van der Waals surface area contributed by atoms with E-state index in [1.807, 2.05) is 18.2 Å². The minimum absolute atomic E-state index is 0.347. The number of halogens is 1. The number of carboxylic acids is 1. The lowest BCUT2D eigenvalue weighted by atomic mass is 9.85. The third kappa shape index (κ3) is 5.51. The molecule has 2 unspecified atom stereocenters. The van der Waals surface area contributed by atoms with E-state index in [0.29, 0.717) is 12.3 Å². The Morgan fingerprint density at radius 1 is 1.50 bits per heavy atom. The van der Waals surface area contributed by atoms with Gasteiger partial charge in [-0.15, -0.1) is 0 Å². The van der Waals surface area contributed by atoms with Crippen molar-refractivity contribution in [2.75, 3.05) is 0 Å². The number of benzene rings is 1. The average molecular weight is 298 g/mol. The van der Waals surface area contributed by atoms with Gasteiger partial charge < -0.3 is 10.8 Å². The van der Waals surface area contributed by atoms with Crippen molar-refractivity contribution in [3.63, 3.8) is 0 Å². The van der Waals surface area contributed by atoms with E-state index in [9.17, 15) is 4.79 Å². The Kier molecular flexibility index (Phi) is 6.50. The Hall–Kier alpha value is -1.06. The van der Waals surface area contributed by atoms with Crippen molar-refractivity contribution in [1.29, 1.82) is 0 Å². The fourth-order valence-electron chi connectivity index (χ4n) is 2.42. The van der Waals surface area contributed by atoms with Gasteiger partial charge in [0.25, 0.3) is 0 Å². The van der Waals surface area contributed by atoms with Crippen LogP contribution in [0.25, 0.3) is 0 Å². The highest BCUT2D eigenvalue weighted by molar-refractivity contribution is 6.30. The lowest BCUT2D eigenvalue weighted by Crippen LogP contribution is -2.46. The Morgan fingerprint density at radius 2 is 2.20 bits per heavy atom. The number of hydrogen-bond acceptors (Lipinski definition) is 2. The molecule has 20 heavy (non-hydrogen) atoms. The van der Waals surface area contributed by atoms with Crippen LogP contribution >= 0.6 is 11.6 Å². The molecule has 0 radical (unpaired) electrons. The van der Waals surface area contributed by atoms with Crippen molar-refractivity contribution in [2.45, 2.75) is 51.5 Å². The third-order valence-corrected chi connectivity index (χ3v) is 3.98. The molecule has 0 amide bonds. The van der Waals surface area contributed by atoms with Crippen molar-refractivity contribution in [3.05, 3.63) is 34.9 Å².